The number of benzene rings is 1. The predicted molar refractivity (Wildman–Crippen MR) is 56.6 cm³/mol. The first-order valence-electron chi connectivity index (χ1n) is 5.33. The van der Waals surface area contributed by atoms with E-state index < -0.39 is 40.9 Å². The fourth-order valence-electron chi connectivity index (χ4n) is 1.55. The van der Waals surface area contributed by atoms with Gasteiger partial charge in [0.05, 0.1) is 11.1 Å². The monoisotopic (exact) mass is 301 g/mol. The summed E-state index contributed by atoms with van der Waals surface area (Å²) >= 11 is 0. The Hall–Kier alpha value is -1.80. The number of hydrogen-bond acceptors (Lipinski definition) is 2. The van der Waals surface area contributed by atoms with Gasteiger partial charge < -0.3 is 0 Å². The van der Waals surface area contributed by atoms with E-state index in [-0.39, 0.29) is 11.6 Å². The average Bonchev–Trinajstić information content (AvgIpc) is 2.26. The standard InChI is InChI=1S/C11H9F6NO2/c1-6(18(19)20)2-7-3-8(10(12,13)14)5-9(4-7)11(15,16)17/h3-6H,2H2,1H3/t6-/m0/s1. The van der Waals surface area contributed by atoms with Gasteiger partial charge in [-0.25, -0.2) is 0 Å². The molecule has 0 unspecified atom stereocenters. The van der Waals surface area contributed by atoms with Crippen molar-refractivity contribution >= 4 is 0 Å². The Morgan fingerprint density at radius 3 is 1.75 bits per heavy atom. The number of hydrogen-bond donors (Lipinski definition) is 0. The molecule has 0 bridgehead atoms. The van der Waals surface area contributed by atoms with Crippen molar-refractivity contribution in [3.05, 3.63) is 45.0 Å². The van der Waals surface area contributed by atoms with Gasteiger partial charge in [0.25, 0.3) is 0 Å². The Labute approximate surface area is 109 Å². The zero-order chi connectivity index (χ0) is 15.7. The lowest BCUT2D eigenvalue weighted by Crippen LogP contribution is -2.19. The van der Waals surface area contributed by atoms with Crippen molar-refractivity contribution in [3.8, 4) is 0 Å². The molecule has 0 radical (unpaired) electrons. The number of alkyl halides is 6. The van der Waals surface area contributed by atoms with Crippen molar-refractivity contribution in [1.29, 1.82) is 0 Å². The average molecular weight is 301 g/mol. The molecule has 20 heavy (non-hydrogen) atoms. The molecule has 0 aromatic heterocycles. The summed E-state index contributed by atoms with van der Waals surface area (Å²) in [6.45, 7) is 1.10. The van der Waals surface area contributed by atoms with Gasteiger partial charge >= 0.3 is 12.4 Å². The first-order valence-corrected chi connectivity index (χ1v) is 5.33. The Morgan fingerprint density at radius 2 is 1.45 bits per heavy atom. The van der Waals surface area contributed by atoms with E-state index in [2.05, 4.69) is 0 Å². The third-order valence-electron chi connectivity index (χ3n) is 2.54. The van der Waals surface area contributed by atoms with Crippen LogP contribution in [0.25, 0.3) is 0 Å². The molecule has 0 heterocycles. The largest absolute Gasteiger partial charge is 0.416 e. The van der Waals surface area contributed by atoms with Crippen LogP contribution in [0.15, 0.2) is 18.2 Å². The summed E-state index contributed by atoms with van der Waals surface area (Å²) in [6, 6.07) is -0.301. The van der Waals surface area contributed by atoms with Crippen molar-refractivity contribution in [1.82, 2.24) is 0 Å². The van der Waals surface area contributed by atoms with Crippen LogP contribution in [0.4, 0.5) is 26.3 Å². The molecule has 0 N–H and O–H groups in total. The van der Waals surface area contributed by atoms with Gasteiger partial charge in [0, 0.05) is 18.3 Å². The lowest BCUT2D eigenvalue weighted by atomic mass is 10.0. The Kier molecular flexibility index (Phi) is 4.30. The Morgan fingerprint density at radius 1 is 1.05 bits per heavy atom. The van der Waals surface area contributed by atoms with Gasteiger partial charge in [-0.3, -0.25) is 10.1 Å². The van der Waals surface area contributed by atoms with Crippen LogP contribution in [0, 0.1) is 10.1 Å². The van der Waals surface area contributed by atoms with Crippen LogP contribution in [0.5, 0.6) is 0 Å². The number of nitrogens with zero attached hydrogens (tertiary/aromatic N) is 1. The Bertz CT molecular complexity index is 476. The highest BCUT2D eigenvalue weighted by atomic mass is 19.4. The highest BCUT2D eigenvalue weighted by Crippen LogP contribution is 2.36. The summed E-state index contributed by atoms with van der Waals surface area (Å²) < 4.78 is 75.2. The molecule has 1 aromatic rings. The van der Waals surface area contributed by atoms with Gasteiger partial charge in [0.1, 0.15) is 0 Å². The molecule has 0 spiro atoms. The molecule has 9 heteroatoms. The van der Waals surface area contributed by atoms with Crippen LogP contribution in [-0.2, 0) is 18.8 Å². The van der Waals surface area contributed by atoms with E-state index in [0.717, 1.165) is 6.92 Å². The molecule has 3 nitrogen and oxygen atoms in total. The highest BCUT2D eigenvalue weighted by Gasteiger charge is 2.37. The van der Waals surface area contributed by atoms with Gasteiger partial charge in [0.2, 0.25) is 6.04 Å². The number of rotatable bonds is 3. The minimum absolute atomic E-state index is 0.0136. The molecule has 0 aliphatic carbocycles. The molecule has 0 aliphatic rings. The van der Waals surface area contributed by atoms with E-state index in [1.165, 1.54) is 0 Å². The van der Waals surface area contributed by atoms with E-state index in [1.807, 2.05) is 0 Å². The van der Waals surface area contributed by atoms with Crippen molar-refractivity contribution in [2.24, 2.45) is 0 Å². The lowest BCUT2D eigenvalue weighted by Gasteiger charge is -2.14. The summed E-state index contributed by atoms with van der Waals surface area (Å²) in [6.07, 6.45) is -10.4. The normalized spacial score (nSPS) is 14.2. The molecular formula is C11H9F6NO2. The van der Waals surface area contributed by atoms with Crippen LogP contribution in [0.3, 0.4) is 0 Å². The maximum Gasteiger partial charge on any atom is 0.416 e. The fourth-order valence-corrected chi connectivity index (χ4v) is 1.55. The van der Waals surface area contributed by atoms with Gasteiger partial charge in [0.15, 0.2) is 0 Å². The second kappa shape index (κ2) is 5.29. The van der Waals surface area contributed by atoms with E-state index in [9.17, 15) is 36.5 Å². The quantitative estimate of drug-likeness (QED) is 0.482. The van der Waals surface area contributed by atoms with Crippen LogP contribution in [-0.4, -0.2) is 11.0 Å². The summed E-state index contributed by atoms with van der Waals surface area (Å²) in [5.74, 6) is 0. The highest BCUT2D eigenvalue weighted by molar-refractivity contribution is 5.34. The second-order valence-corrected chi connectivity index (χ2v) is 4.25. The molecule has 1 atom stereocenters. The van der Waals surface area contributed by atoms with Crippen LogP contribution < -0.4 is 0 Å². The smallest absolute Gasteiger partial charge is 0.264 e. The lowest BCUT2D eigenvalue weighted by molar-refractivity contribution is -0.517. The molecular weight excluding hydrogens is 292 g/mol. The summed E-state index contributed by atoms with van der Waals surface area (Å²) in [5, 5.41) is 10.4. The minimum Gasteiger partial charge on any atom is -0.264 e. The van der Waals surface area contributed by atoms with Crippen molar-refractivity contribution in [2.45, 2.75) is 31.7 Å². The maximum absolute atomic E-state index is 12.5. The van der Waals surface area contributed by atoms with Gasteiger partial charge in [-0.1, -0.05) is 0 Å². The summed E-state index contributed by atoms with van der Waals surface area (Å²) in [7, 11) is 0. The third-order valence-corrected chi connectivity index (χ3v) is 2.54. The molecule has 1 rings (SSSR count). The van der Waals surface area contributed by atoms with E-state index in [1.54, 1.807) is 0 Å². The molecule has 1 aromatic carbocycles. The van der Waals surface area contributed by atoms with Gasteiger partial charge in [-0.15, -0.1) is 0 Å². The number of nitro groups is 1. The fraction of sp³-hybridized carbons (Fsp3) is 0.455. The van der Waals surface area contributed by atoms with Crippen molar-refractivity contribution in [2.75, 3.05) is 0 Å². The molecule has 0 amide bonds. The van der Waals surface area contributed by atoms with Gasteiger partial charge in [-0.2, -0.15) is 26.3 Å². The molecule has 0 fully saturated rings. The predicted octanol–water partition coefficient (Wildman–Crippen LogP) is 3.93. The topological polar surface area (TPSA) is 43.1 Å². The minimum atomic E-state index is -4.95. The van der Waals surface area contributed by atoms with E-state index >= 15 is 0 Å². The molecule has 0 saturated heterocycles. The van der Waals surface area contributed by atoms with Crippen LogP contribution >= 0.6 is 0 Å². The van der Waals surface area contributed by atoms with Crippen molar-refractivity contribution in [3.63, 3.8) is 0 Å². The van der Waals surface area contributed by atoms with Crippen LogP contribution in [0.1, 0.15) is 23.6 Å². The summed E-state index contributed by atoms with van der Waals surface area (Å²) in [4.78, 5) is 9.66. The Balaban J connectivity index is 3.28. The van der Waals surface area contributed by atoms with E-state index in [4.69, 9.17) is 0 Å². The van der Waals surface area contributed by atoms with Crippen LogP contribution in [0.2, 0.25) is 0 Å². The molecule has 112 valence electrons. The zero-order valence-corrected chi connectivity index (χ0v) is 10.0. The van der Waals surface area contributed by atoms with E-state index in [0.29, 0.717) is 12.1 Å². The summed E-state index contributed by atoms with van der Waals surface area (Å²) in [5.41, 5.74) is -3.33. The molecule has 0 saturated carbocycles. The SMILES string of the molecule is C[C@@H](Cc1cc(C(F)(F)F)cc(C(F)(F)F)c1)[N+](=O)[O-]. The van der Waals surface area contributed by atoms with Crippen molar-refractivity contribution < 1.29 is 31.3 Å². The first kappa shape index (κ1) is 16.3. The first-order chi connectivity index (χ1) is 8.91. The molecule has 0 aliphatic heterocycles. The third kappa shape index (κ3) is 4.10. The van der Waals surface area contributed by atoms with Gasteiger partial charge in [-0.05, 0) is 23.8 Å². The number of halogens is 6. The zero-order valence-electron chi connectivity index (χ0n) is 10.0. The second-order valence-electron chi connectivity index (χ2n) is 4.25. The maximum atomic E-state index is 12.5.